The number of likely N-dealkylation sites (N-methyl/N-ethyl adjacent to an activating group) is 1. The molecule has 2 heterocycles. The van der Waals surface area contributed by atoms with Crippen LogP contribution in [0.4, 0.5) is 5.82 Å². The summed E-state index contributed by atoms with van der Waals surface area (Å²) in [7, 11) is 5.39. The number of benzene rings is 1. The second-order valence-electron chi connectivity index (χ2n) is 7.66. The molecule has 1 aliphatic rings. The first-order valence-corrected chi connectivity index (χ1v) is 10.7. The number of aromatic nitrogens is 2. The van der Waals surface area contributed by atoms with Gasteiger partial charge in [-0.3, -0.25) is 0 Å². The number of methoxy groups -OCH3 is 2. The van der Waals surface area contributed by atoms with Gasteiger partial charge in [-0.15, -0.1) is 0 Å². The SMILES string of the molecule is COCCN(C)c1ccnc(Cc2ccc(OC)c(OCCCN3CCCC3)c2)n1. The van der Waals surface area contributed by atoms with Crippen molar-refractivity contribution in [1.82, 2.24) is 14.9 Å². The highest BCUT2D eigenvalue weighted by molar-refractivity contribution is 5.44. The maximum absolute atomic E-state index is 6.06. The molecule has 1 aromatic heterocycles. The minimum atomic E-state index is 0.639. The molecule has 2 aromatic rings. The minimum Gasteiger partial charge on any atom is -0.493 e. The van der Waals surface area contributed by atoms with Gasteiger partial charge in [0, 0.05) is 39.9 Å². The molecule has 0 spiro atoms. The highest BCUT2D eigenvalue weighted by Crippen LogP contribution is 2.29. The lowest BCUT2D eigenvalue weighted by Crippen LogP contribution is -2.23. The summed E-state index contributed by atoms with van der Waals surface area (Å²) in [6.45, 7) is 5.67. The van der Waals surface area contributed by atoms with Gasteiger partial charge in [-0.2, -0.15) is 0 Å². The van der Waals surface area contributed by atoms with Gasteiger partial charge in [0.15, 0.2) is 11.5 Å². The molecule has 7 heteroatoms. The lowest BCUT2D eigenvalue weighted by molar-refractivity contribution is 0.206. The van der Waals surface area contributed by atoms with Crippen LogP contribution < -0.4 is 14.4 Å². The Bertz CT molecular complexity index is 781. The summed E-state index contributed by atoms with van der Waals surface area (Å²) in [6, 6.07) is 7.96. The first kappa shape index (κ1) is 22.3. The molecule has 0 aliphatic carbocycles. The van der Waals surface area contributed by atoms with Crippen LogP contribution in [-0.2, 0) is 11.2 Å². The van der Waals surface area contributed by atoms with E-state index in [0.29, 0.717) is 19.6 Å². The number of rotatable bonds is 12. The van der Waals surface area contributed by atoms with Crippen LogP contribution in [0.15, 0.2) is 30.5 Å². The van der Waals surface area contributed by atoms with Crippen LogP contribution in [0.3, 0.4) is 0 Å². The van der Waals surface area contributed by atoms with E-state index in [4.69, 9.17) is 19.2 Å². The van der Waals surface area contributed by atoms with E-state index in [2.05, 4.69) is 14.8 Å². The summed E-state index contributed by atoms with van der Waals surface area (Å²) in [5.41, 5.74) is 1.10. The van der Waals surface area contributed by atoms with E-state index in [0.717, 1.165) is 48.2 Å². The molecule has 1 fully saturated rings. The molecule has 30 heavy (non-hydrogen) atoms. The summed E-state index contributed by atoms with van der Waals surface area (Å²) in [4.78, 5) is 13.7. The largest absolute Gasteiger partial charge is 0.493 e. The maximum Gasteiger partial charge on any atom is 0.161 e. The molecule has 0 unspecified atom stereocenters. The molecule has 0 atom stereocenters. The molecule has 0 N–H and O–H groups in total. The summed E-state index contributed by atoms with van der Waals surface area (Å²) in [5.74, 6) is 3.21. The first-order chi connectivity index (χ1) is 14.7. The van der Waals surface area contributed by atoms with E-state index in [-0.39, 0.29) is 0 Å². The summed E-state index contributed by atoms with van der Waals surface area (Å²) in [5, 5.41) is 0. The molecule has 1 saturated heterocycles. The Hall–Kier alpha value is -2.38. The molecule has 7 nitrogen and oxygen atoms in total. The van der Waals surface area contributed by atoms with E-state index in [1.54, 1.807) is 20.4 Å². The zero-order valence-electron chi connectivity index (χ0n) is 18.5. The fourth-order valence-electron chi connectivity index (χ4n) is 3.63. The first-order valence-electron chi connectivity index (χ1n) is 10.7. The van der Waals surface area contributed by atoms with Gasteiger partial charge in [0.25, 0.3) is 0 Å². The molecular formula is C23H34N4O3. The van der Waals surface area contributed by atoms with Gasteiger partial charge in [0.1, 0.15) is 11.6 Å². The molecule has 164 valence electrons. The Morgan fingerprint density at radius 1 is 1.07 bits per heavy atom. The molecule has 0 amide bonds. The van der Waals surface area contributed by atoms with Crippen LogP contribution in [0.1, 0.15) is 30.7 Å². The molecule has 1 aromatic carbocycles. The van der Waals surface area contributed by atoms with Crippen molar-refractivity contribution >= 4 is 5.82 Å². The highest BCUT2D eigenvalue weighted by atomic mass is 16.5. The zero-order chi connectivity index (χ0) is 21.2. The van der Waals surface area contributed by atoms with Gasteiger partial charge in [-0.25, -0.2) is 9.97 Å². The normalized spacial score (nSPS) is 14.1. The molecule has 0 radical (unpaired) electrons. The van der Waals surface area contributed by atoms with E-state index >= 15 is 0 Å². The van der Waals surface area contributed by atoms with Crippen molar-refractivity contribution in [2.45, 2.75) is 25.7 Å². The summed E-state index contributed by atoms with van der Waals surface area (Å²) < 4.78 is 16.7. The van der Waals surface area contributed by atoms with Gasteiger partial charge in [0.2, 0.25) is 0 Å². The van der Waals surface area contributed by atoms with Gasteiger partial charge in [-0.1, -0.05) is 6.07 Å². The average molecular weight is 415 g/mol. The van der Waals surface area contributed by atoms with Crippen molar-refractivity contribution in [3.63, 3.8) is 0 Å². The van der Waals surface area contributed by atoms with Gasteiger partial charge in [-0.05, 0) is 56.1 Å². The third-order valence-corrected chi connectivity index (χ3v) is 5.38. The smallest absolute Gasteiger partial charge is 0.161 e. The van der Waals surface area contributed by atoms with Crippen LogP contribution in [0.2, 0.25) is 0 Å². The Balaban J connectivity index is 1.59. The molecule has 3 rings (SSSR count). The number of likely N-dealkylation sites (tertiary alicyclic amines) is 1. The lowest BCUT2D eigenvalue weighted by Gasteiger charge is -2.18. The van der Waals surface area contributed by atoms with Crippen molar-refractivity contribution in [1.29, 1.82) is 0 Å². The number of hydrogen-bond acceptors (Lipinski definition) is 7. The lowest BCUT2D eigenvalue weighted by atomic mass is 10.1. The zero-order valence-corrected chi connectivity index (χ0v) is 18.5. The summed E-state index contributed by atoms with van der Waals surface area (Å²) in [6.07, 6.45) is 6.11. The second kappa shape index (κ2) is 11.7. The number of anilines is 1. The van der Waals surface area contributed by atoms with E-state index < -0.39 is 0 Å². The maximum atomic E-state index is 6.06. The number of hydrogen-bond donors (Lipinski definition) is 0. The van der Waals surface area contributed by atoms with Crippen LogP contribution in [-0.4, -0.2) is 75.5 Å². The van der Waals surface area contributed by atoms with Gasteiger partial charge in [0.05, 0.1) is 20.3 Å². The van der Waals surface area contributed by atoms with Crippen LogP contribution in [0.25, 0.3) is 0 Å². The quantitative estimate of drug-likeness (QED) is 0.495. The Morgan fingerprint density at radius 2 is 1.90 bits per heavy atom. The van der Waals surface area contributed by atoms with Crippen LogP contribution in [0.5, 0.6) is 11.5 Å². The molecule has 1 aliphatic heterocycles. The number of nitrogens with zero attached hydrogens (tertiary/aromatic N) is 4. The Morgan fingerprint density at radius 3 is 2.67 bits per heavy atom. The monoisotopic (exact) mass is 414 g/mol. The van der Waals surface area contributed by atoms with E-state index in [9.17, 15) is 0 Å². The minimum absolute atomic E-state index is 0.639. The van der Waals surface area contributed by atoms with Crippen molar-refractivity contribution < 1.29 is 14.2 Å². The second-order valence-corrected chi connectivity index (χ2v) is 7.66. The Labute approximate surface area is 180 Å². The average Bonchev–Trinajstić information content (AvgIpc) is 3.29. The van der Waals surface area contributed by atoms with Gasteiger partial charge >= 0.3 is 0 Å². The highest BCUT2D eigenvalue weighted by Gasteiger charge is 2.12. The fraction of sp³-hybridized carbons (Fsp3) is 0.565. The van der Waals surface area contributed by atoms with Gasteiger partial charge < -0.3 is 24.0 Å². The fourth-order valence-corrected chi connectivity index (χ4v) is 3.63. The predicted molar refractivity (Wildman–Crippen MR) is 119 cm³/mol. The van der Waals surface area contributed by atoms with Crippen molar-refractivity contribution in [2.24, 2.45) is 0 Å². The van der Waals surface area contributed by atoms with E-state index in [1.807, 2.05) is 31.3 Å². The van der Waals surface area contributed by atoms with Crippen molar-refractivity contribution in [2.75, 3.05) is 65.6 Å². The predicted octanol–water partition coefficient (Wildman–Crippen LogP) is 3.02. The topological polar surface area (TPSA) is 60.0 Å². The molecule has 0 saturated carbocycles. The standard InChI is InChI=1S/C23H34N4O3/c1-26(14-16-28-2)23-9-10-24-22(25-23)18-19-7-8-20(29-3)21(17-19)30-15-6-13-27-11-4-5-12-27/h7-10,17H,4-6,11-16,18H2,1-3H3. The van der Waals surface area contributed by atoms with Crippen LogP contribution >= 0.6 is 0 Å². The van der Waals surface area contributed by atoms with Crippen molar-refractivity contribution in [3.05, 3.63) is 41.9 Å². The third kappa shape index (κ3) is 6.57. The third-order valence-electron chi connectivity index (χ3n) is 5.38. The summed E-state index contributed by atoms with van der Waals surface area (Å²) >= 11 is 0. The van der Waals surface area contributed by atoms with Crippen molar-refractivity contribution in [3.8, 4) is 11.5 Å². The molecule has 0 bridgehead atoms. The van der Waals surface area contributed by atoms with E-state index in [1.165, 1.54) is 25.9 Å². The number of ether oxygens (including phenoxy) is 3. The van der Waals surface area contributed by atoms with Crippen LogP contribution in [0, 0.1) is 0 Å². The molecular weight excluding hydrogens is 380 g/mol. The Kier molecular flexibility index (Phi) is 8.71.